The molecular weight excluding hydrogens is 278 g/mol. The van der Waals surface area contributed by atoms with Crippen molar-refractivity contribution in [1.29, 1.82) is 0 Å². The van der Waals surface area contributed by atoms with Gasteiger partial charge >= 0.3 is 0 Å². The van der Waals surface area contributed by atoms with Crippen LogP contribution in [-0.4, -0.2) is 29.5 Å². The quantitative estimate of drug-likeness (QED) is 0.667. The lowest BCUT2D eigenvalue weighted by Gasteiger charge is -2.31. The number of likely N-dealkylation sites (N-methyl/N-ethyl adjacent to an activating group) is 1. The predicted octanol–water partition coefficient (Wildman–Crippen LogP) is 4.29. The third kappa shape index (κ3) is 6.41. The van der Waals surface area contributed by atoms with E-state index in [1.165, 1.54) is 22.6 Å². The van der Waals surface area contributed by atoms with Crippen molar-refractivity contribution in [3.8, 4) is 0 Å². The van der Waals surface area contributed by atoms with Gasteiger partial charge in [-0.1, -0.05) is 39.8 Å². The summed E-state index contributed by atoms with van der Waals surface area (Å²) in [7, 11) is 0. The van der Waals surface area contributed by atoms with Gasteiger partial charge in [-0.3, -0.25) is 0 Å². The molecule has 0 saturated carbocycles. The minimum absolute atomic E-state index is 0.117. The molecule has 0 radical (unpaired) electrons. The molecule has 0 aromatic heterocycles. The van der Waals surface area contributed by atoms with E-state index >= 15 is 0 Å². The second-order valence-electron chi connectivity index (χ2n) is 6.46. The molecule has 120 valence electrons. The van der Waals surface area contributed by atoms with E-state index in [4.69, 9.17) is 0 Å². The molecule has 1 aromatic carbocycles. The molecule has 2 nitrogen and oxygen atoms in total. The van der Waals surface area contributed by atoms with Crippen LogP contribution in [0.2, 0.25) is 0 Å². The molecule has 0 saturated heterocycles. The molecule has 21 heavy (non-hydrogen) atoms. The van der Waals surface area contributed by atoms with Crippen LogP contribution in [0.5, 0.6) is 0 Å². The van der Waals surface area contributed by atoms with Crippen molar-refractivity contribution in [2.75, 3.05) is 18.8 Å². The van der Waals surface area contributed by atoms with E-state index < -0.39 is 5.60 Å². The Hall–Kier alpha value is -0.510. The maximum absolute atomic E-state index is 10.6. The molecule has 0 heterocycles. The highest BCUT2D eigenvalue weighted by Gasteiger charge is 2.28. The molecule has 0 bridgehead atoms. The van der Waals surface area contributed by atoms with Gasteiger partial charge in [-0.25, -0.2) is 0 Å². The first kappa shape index (κ1) is 18.5. The summed E-state index contributed by atoms with van der Waals surface area (Å²) in [5.41, 5.74) is 0.480. The molecule has 0 spiro atoms. The summed E-state index contributed by atoms with van der Waals surface area (Å²) >= 11 is 1.92. The largest absolute Gasteiger partial charge is 0.388 e. The molecule has 2 atom stereocenters. The standard InChI is InChI=1S/C18H31NOS/c1-6-19-13-18(5,20)15(4)16-7-9-17(10-8-16)21-12-11-14(2)3/h7-10,14-15,19-20H,6,11-13H2,1-5H3. The maximum Gasteiger partial charge on any atom is 0.0809 e. The number of nitrogens with one attached hydrogen (secondary N) is 1. The number of hydrogen-bond donors (Lipinski definition) is 2. The van der Waals surface area contributed by atoms with Gasteiger partial charge in [0.2, 0.25) is 0 Å². The Labute approximate surface area is 134 Å². The fraction of sp³-hybridized carbons (Fsp3) is 0.667. The smallest absolute Gasteiger partial charge is 0.0809 e. The first-order valence-corrected chi connectivity index (χ1v) is 9.01. The van der Waals surface area contributed by atoms with Gasteiger partial charge in [0.1, 0.15) is 0 Å². The van der Waals surface area contributed by atoms with Crippen molar-refractivity contribution >= 4 is 11.8 Å². The van der Waals surface area contributed by atoms with Gasteiger partial charge in [-0.2, -0.15) is 0 Å². The first-order valence-electron chi connectivity index (χ1n) is 8.02. The molecule has 3 heteroatoms. The average molecular weight is 310 g/mol. The van der Waals surface area contributed by atoms with Gasteiger partial charge in [0.15, 0.2) is 0 Å². The summed E-state index contributed by atoms with van der Waals surface area (Å²) in [6, 6.07) is 8.67. The van der Waals surface area contributed by atoms with Crippen LogP contribution in [0.4, 0.5) is 0 Å². The second kappa shape index (κ2) is 8.82. The van der Waals surface area contributed by atoms with E-state index in [-0.39, 0.29) is 5.92 Å². The molecule has 0 aliphatic carbocycles. The molecule has 1 aromatic rings. The number of aliphatic hydroxyl groups is 1. The van der Waals surface area contributed by atoms with E-state index in [2.05, 4.69) is 57.3 Å². The van der Waals surface area contributed by atoms with Gasteiger partial charge in [-0.15, -0.1) is 11.8 Å². The Kier molecular flexibility index (Phi) is 7.78. The topological polar surface area (TPSA) is 32.3 Å². The lowest BCUT2D eigenvalue weighted by Crippen LogP contribution is -2.42. The number of hydrogen-bond acceptors (Lipinski definition) is 3. The molecule has 0 fully saturated rings. The van der Waals surface area contributed by atoms with Crippen LogP contribution in [0.25, 0.3) is 0 Å². The minimum Gasteiger partial charge on any atom is -0.388 e. The van der Waals surface area contributed by atoms with Crippen LogP contribution in [0.1, 0.15) is 52.5 Å². The van der Waals surface area contributed by atoms with Crippen molar-refractivity contribution in [2.24, 2.45) is 5.92 Å². The lowest BCUT2D eigenvalue weighted by atomic mass is 9.85. The highest BCUT2D eigenvalue weighted by Crippen LogP contribution is 2.29. The van der Waals surface area contributed by atoms with Gasteiger partial charge in [0.05, 0.1) is 5.60 Å². The fourth-order valence-corrected chi connectivity index (χ4v) is 3.31. The summed E-state index contributed by atoms with van der Waals surface area (Å²) in [6.45, 7) is 12.1. The summed E-state index contributed by atoms with van der Waals surface area (Å²) < 4.78 is 0. The predicted molar refractivity (Wildman–Crippen MR) is 94.2 cm³/mol. The number of rotatable bonds is 9. The van der Waals surface area contributed by atoms with E-state index in [0.717, 1.165) is 12.5 Å². The zero-order valence-corrected chi connectivity index (χ0v) is 15.0. The highest BCUT2D eigenvalue weighted by atomic mass is 32.2. The fourth-order valence-electron chi connectivity index (χ4n) is 2.16. The van der Waals surface area contributed by atoms with Crippen LogP contribution < -0.4 is 5.32 Å². The molecule has 1 rings (SSSR count). The third-order valence-electron chi connectivity index (χ3n) is 4.01. The van der Waals surface area contributed by atoms with Gasteiger partial charge in [-0.05, 0) is 49.3 Å². The van der Waals surface area contributed by atoms with Crippen LogP contribution in [0.3, 0.4) is 0 Å². The van der Waals surface area contributed by atoms with E-state index in [1.54, 1.807) is 0 Å². The van der Waals surface area contributed by atoms with E-state index in [9.17, 15) is 5.11 Å². The normalized spacial score (nSPS) is 16.0. The first-order chi connectivity index (χ1) is 9.86. The van der Waals surface area contributed by atoms with Crippen LogP contribution >= 0.6 is 11.8 Å². The zero-order valence-electron chi connectivity index (χ0n) is 14.1. The Morgan fingerprint density at radius 3 is 2.33 bits per heavy atom. The average Bonchev–Trinajstić information content (AvgIpc) is 2.45. The zero-order chi connectivity index (χ0) is 15.9. The second-order valence-corrected chi connectivity index (χ2v) is 7.63. The molecule has 0 amide bonds. The third-order valence-corrected chi connectivity index (χ3v) is 5.06. The lowest BCUT2D eigenvalue weighted by molar-refractivity contribution is 0.0368. The minimum atomic E-state index is -0.720. The molecular formula is C18H31NOS. The Balaban J connectivity index is 2.60. The Morgan fingerprint density at radius 2 is 1.81 bits per heavy atom. The Bertz CT molecular complexity index is 400. The van der Waals surface area contributed by atoms with E-state index in [0.29, 0.717) is 6.54 Å². The molecule has 2 N–H and O–H groups in total. The number of benzene rings is 1. The summed E-state index contributed by atoms with van der Waals surface area (Å²) in [6.07, 6.45) is 1.25. The van der Waals surface area contributed by atoms with Crippen LogP contribution in [-0.2, 0) is 0 Å². The van der Waals surface area contributed by atoms with Gasteiger partial charge < -0.3 is 10.4 Å². The molecule has 0 aliphatic heterocycles. The monoisotopic (exact) mass is 309 g/mol. The SMILES string of the molecule is CCNCC(C)(O)C(C)c1ccc(SCCC(C)C)cc1. The van der Waals surface area contributed by atoms with Gasteiger partial charge in [0, 0.05) is 17.4 Å². The number of thioether (sulfide) groups is 1. The van der Waals surface area contributed by atoms with Crippen LogP contribution in [0.15, 0.2) is 29.2 Å². The van der Waals surface area contributed by atoms with Crippen molar-refractivity contribution in [3.05, 3.63) is 29.8 Å². The van der Waals surface area contributed by atoms with Crippen LogP contribution in [0, 0.1) is 5.92 Å². The summed E-state index contributed by atoms with van der Waals surface area (Å²) in [5, 5.41) is 13.8. The van der Waals surface area contributed by atoms with Crippen molar-refractivity contribution in [1.82, 2.24) is 5.32 Å². The van der Waals surface area contributed by atoms with E-state index in [1.807, 2.05) is 18.7 Å². The molecule has 2 unspecified atom stereocenters. The Morgan fingerprint density at radius 1 is 1.19 bits per heavy atom. The van der Waals surface area contributed by atoms with Crippen molar-refractivity contribution in [2.45, 2.75) is 57.5 Å². The summed E-state index contributed by atoms with van der Waals surface area (Å²) in [4.78, 5) is 1.32. The molecule has 0 aliphatic rings. The summed E-state index contributed by atoms with van der Waals surface area (Å²) in [5.74, 6) is 2.05. The maximum atomic E-state index is 10.6. The van der Waals surface area contributed by atoms with Gasteiger partial charge in [0.25, 0.3) is 0 Å². The highest BCUT2D eigenvalue weighted by molar-refractivity contribution is 7.99. The van der Waals surface area contributed by atoms with Crippen molar-refractivity contribution < 1.29 is 5.11 Å². The van der Waals surface area contributed by atoms with Crippen molar-refractivity contribution in [3.63, 3.8) is 0 Å².